The Morgan fingerprint density at radius 2 is 0.704 bits per heavy atom. The predicted octanol–water partition coefficient (Wildman–Crippen LogP) is 16.2. The second kappa shape index (κ2) is 18.2. The third-order valence-electron chi connectivity index (χ3n) is 13.1. The Morgan fingerprint density at radius 3 is 1.10 bits per heavy atom. The van der Waals surface area contributed by atoms with Gasteiger partial charge >= 0.3 is 0 Å². The van der Waals surface area contributed by atoms with Crippen LogP contribution in [0.1, 0.15) is 16.7 Å². The van der Waals surface area contributed by atoms with Crippen LogP contribution >= 0.6 is 0 Å². The van der Waals surface area contributed by atoms with Crippen LogP contribution in [0, 0.1) is 25.2 Å². The van der Waals surface area contributed by atoms with Crippen LogP contribution in [0.5, 0.6) is 0 Å². The number of rotatable bonds is 9. The van der Waals surface area contributed by atoms with E-state index >= 15 is 0 Å². The fourth-order valence-electron chi connectivity index (χ4n) is 9.72. The van der Waals surface area contributed by atoms with Crippen LogP contribution < -0.4 is 0 Å². The first-order valence-corrected chi connectivity index (χ1v) is 23.8. The molecule has 12 rings (SSSR count). The molecule has 0 aliphatic heterocycles. The minimum Gasteiger partial charge on any atom is -0.308 e. The lowest BCUT2D eigenvalue weighted by Gasteiger charge is -2.20. The number of aromatic nitrogens is 5. The van der Waals surface area contributed by atoms with Crippen molar-refractivity contribution >= 4 is 21.8 Å². The van der Waals surface area contributed by atoms with Crippen molar-refractivity contribution in [3.8, 4) is 102 Å². The molecule has 12 aromatic rings. The molecular formula is C65H44N6. The molecule has 0 atom stereocenters. The Kier molecular flexibility index (Phi) is 10.9. The summed E-state index contributed by atoms with van der Waals surface area (Å²) in [4.78, 5) is 21.2. The Balaban J connectivity index is 1.23. The summed E-state index contributed by atoms with van der Waals surface area (Å²) in [6.45, 7) is 4.27. The van der Waals surface area contributed by atoms with Gasteiger partial charge in [-0.15, -0.1) is 0 Å². The number of nitrogens with zero attached hydrogens (tertiary/aromatic N) is 6. The van der Waals surface area contributed by atoms with Gasteiger partial charge in [0.15, 0.2) is 11.6 Å². The highest BCUT2D eigenvalue weighted by molar-refractivity contribution is 6.13. The van der Waals surface area contributed by atoms with Crippen LogP contribution in [0.25, 0.3) is 118 Å². The molecule has 0 unspecified atom stereocenters. The van der Waals surface area contributed by atoms with Gasteiger partial charge < -0.3 is 4.57 Å². The van der Waals surface area contributed by atoms with E-state index in [2.05, 4.69) is 146 Å². The van der Waals surface area contributed by atoms with Crippen LogP contribution in [-0.4, -0.2) is 24.5 Å². The molecule has 71 heavy (non-hydrogen) atoms. The number of hydrogen-bond acceptors (Lipinski definition) is 5. The number of aryl methyl sites for hydroxylation is 2. The van der Waals surface area contributed by atoms with Gasteiger partial charge in [0.25, 0.3) is 0 Å². The van der Waals surface area contributed by atoms with Crippen molar-refractivity contribution in [1.29, 1.82) is 5.26 Å². The SMILES string of the molecule is Cc1cccc(-c2ccc3c(c2)c2cc(-c4cccc(C)c4)ccc2n3-c2c(-c3cc(-c4ccccc4)nc(-c4ccccc4)n3)cc(C#N)cc2-c2cc(-c3ccccc3)nc(-c3ccccc3)n2)c1. The quantitative estimate of drug-likeness (QED) is 0.144. The molecule has 334 valence electrons. The molecule has 0 spiro atoms. The molecule has 0 amide bonds. The summed E-state index contributed by atoms with van der Waals surface area (Å²) in [5.74, 6) is 1.15. The van der Waals surface area contributed by atoms with E-state index in [1.54, 1.807) is 0 Å². The van der Waals surface area contributed by atoms with Crippen LogP contribution in [-0.2, 0) is 0 Å². The number of benzene rings is 9. The zero-order chi connectivity index (χ0) is 47.8. The van der Waals surface area contributed by atoms with Gasteiger partial charge in [-0.2, -0.15) is 5.26 Å². The van der Waals surface area contributed by atoms with Crippen LogP contribution in [0.2, 0.25) is 0 Å². The third-order valence-corrected chi connectivity index (χ3v) is 13.1. The van der Waals surface area contributed by atoms with E-state index in [0.717, 1.165) is 94.5 Å². The summed E-state index contributed by atoms with van der Waals surface area (Å²) in [6, 6.07) is 82.0. The van der Waals surface area contributed by atoms with Gasteiger partial charge in [0, 0.05) is 44.2 Å². The highest BCUT2D eigenvalue weighted by Gasteiger charge is 2.25. The van der Waals surface area contributed by atoms with Crippen LogP contribution in [0.3, 0.4) is 0 Å². The van der Waals surface area contributed by atoms with Crippen molar-refractivity contribution in [2.24, 2.45) is 0 Å². The molecule has 3 aromatic heterocycles. The van der Waals surface area contributed by atoms with Gasteiger partial charge in [-0.3, -0.25) is 0 Å². The summed E-state index contributed by atoms with van der Waals surface area (Å²) >= 11 is 0. The largest absolute Gasteiger partial charge is 0.308 e. The topological polar surface area (TPSA) is 80.3 Å². The molecule has 0 fully saturated rings. The maximum Gasteiger partial charge on any atom is 0.160 e. The molecule has 0 bridgehead atoms. The number of fused-ring (bicyclic) bond motifs is 3. The number of nitriles is 1. The summed E-state index contributed by atoms with van der Waals surface area (Å²) in [7, 11) is 0. The number of hydrogen-bond donors (Lipinski definition) is 0. The molecule has 0 aliphatic rings. The Labute approximate surface area is 412 Å². The van der Waals surface area contributed by atoms with E-state index < -0.39 is 0 Å². The Bertz CT molecular complexity index is 3640. The van der Waals surface area contributed by atoms with Crippen molar-refractivity contribution in [3.05, 3.63) is 247 Å². The fraction of sp³-hybridized carbons (Fsp3) is 0.0308. The molecule has 3 heterocycles. The normalized spacial score (nSPS) is 11.2. The van der Waals surface area contributed by atoms with Crippen molar-refractivity contribution in [2.75, 3.05) is 0 Å². The predicted molar refractivity (Wildman–Crippen MR) is 290 cm³/mol. The van der Waals surface area contributed by atoms with E-state index in [0.29, 0.717) is 28.6 Å². The van der Waals surface area contributed by atoms with Gasteiger partial charge in [0.2, 0.25) is 0 Å². The third kappa shape index (κ3) is 8.22. The van der Waals surface area contributed by atoms with Gasteiger partial charge in [-0.05, 0) is 84.6 Å². The molecule has 6 nitrogen and oxygen atoms in total. The lowest BCUT2D eigenvalue weighted by Crippen LogP contribution is -2.05. The average molecular weight is 909 g/mol. The van der Waals surface area contributed by atoms with E-state index in [1.165, 1.54) is 11.1 Å². The summed E-state index contributed by atoms with van der Waals surface area (Å²) in [5.41, 5.74) is 18.2. The zero-order valence-corrected chi connectivity index (χ0v) is 39.1. The maximum atomic E-state index is 11.1. The second-order valence-electron chi connectivity index (χ2n) is 18.0. The highest BCUT2D eigenvalue weighted by Crippen LogP contribution is 2.45. The van der Waals surface area contributed by atoms with Crippen molar-refractivity contribution < 1.29 is 0 Å². The highest BCUT2D eigenvalue weighted by atomic mass is 15.0. The van der Waals surface area contributed by atoms with E-state index in [1.807, 2.05) is 109 Å². The first kappa shape index (κ1) is 42.8. The Hall–Kier alpha value is -9.57. The van der Waals surface area contributed by atoms with Gasteiger partial charge in [0.1, 0.15) is 0 Å². The lowest BCUT2D eigenvalue weighted by molar-refractivity contribution is 1.14. The molecule has 6 heteroatoms. The molecular weight excluding hydrogens is 865 g/mol. The lowest BCUT2D eigenvalue weighted by atomic mass is 9.95. The maximum absolute atomic E-state index is 11.1. The van der Waals surface area contributed by atoms with E-state index in [9.17, 15) is 5.26 Å². The summed E-state index contributed by atoms with van der Waals surface area (Å²) < 4.78 is 2.36. The van der Waals surface area contributed by atoms with Gasteiger partial charge in [-0.1, -0.05) is 193 Å². The molecule has 0 saturated carbocycles. The van der Waals surface area contributed by atoms with Crippen molar-refractivity contribution in [1.82, 2.24) is 24.5 Å². The molecule has 9 aromatic carbocycles. The first-order valence-electron chi connectivity index (χ1n) is 23.8. The minimum atomic E-state index is 0.463. The van der Waals surface area contributed by atoms with Crippen molar-refractivity contribution in [2.45, 2.75) is 13.8 Å². The minimum absolute atomic E-state index is 0.463. The van der Waals surface area contributed by atoms with Gasteiger partial charge in [-0.25, -0.2) is 19.9 Å². The monoisotopic (exact) mass is 908 g/mol. The van der Waals surface area contributed by atoms with Crippen LogP contribution in [0.4, 0.5) is 0 Å². The first-order chi connectivity index (χ1) is 34.9. The van der Waals surface area contributed by atoms with E-state index in [-0.39, 0.29) is 0 Å². The Morgan fingerprint density at radius 1 is 0.338 bits per heavy atom. The average Bonchev–Trinajstić information content (AvgIpc) is 3.76. The second-order valence-corrected chi connectivity index (χ2v) is 18.0. The standard InChI is InChI=1S/C65H44N6/c1-42-17-15-27-49(33-42)51-29-31-61-53(37-51)54-38-52(50-28-16-18-43(2)34-50)30-32-62(54)71(61)63-55(59-39-57(45-19-7-3-8-20-45)67-64(69-59)47-23-11-5-12-24-47)35-44(41-66)36-56(63)60-40-58(46-21-9-4-10-22-46)68-65(70-60)48-25-13-6-14-26-48/h3-40H,1-2H3. The summed E-state index contributed by atoms with van der Waals surface area (Å²) in [5, 5.41) is 13.2. The van der Waals surface area contributed by atoms with E-state index in [4.69, 9.17) is 19.9 Å². The van der Waals surface area contributed by atoms with Crippen LogP contribution in [0.15, 0.2) is 231 Å². The fourth-order valence-corrected chi connectivity index (χ4v) is 9.72. The molecule has 0 N–H and O–H groups in total. The molecule has 0 aliphatic carbocycles. The zero-order valence-electron chi connectivity index (χ0n) is 39.1. The molecule has 0 saturated heterocycles. The summed E-state index contributed by atoms with van der Waals surface area (Å²) in [6.07, 6.45) is 0. The smallest absolute Gasteiger partial charge is 0.160 e. The molecule has 0 radical (unpaired) electrons. The van der Waals surface area contributed by atoms with Gasteiger partial charge in [0.05, 0.1) is 51.1 Å². The van der Waals surface area contributed by atoms with Crippen molar-refractivity contribution in [3.63, 3.8) is 0 Å².